The molecule has 6 heteroatoms. The second kappa shape index (κ2) is 4.09. The van der Waals surface area contributed by atoms with Crippen LogP contribution in [0.3, 0.4) is 0 Å². The van der Waals surface area contributed by atoms with Crippen molar-refractivity contribution >= 4 is 38.7 Å². The fourth-order valence-electron chi connectivity index (χ4n) is 1.54. The molecule has 0 aliphatic rings. The summed E-state index contributed by atoms with van der Waals surface area (Å²) >= 11 is 9.33. The average molecular weight is 310 g/mol. The lowest BCUT2D eigenvalue weighted by molar-refractivity contribution is 1.20. The van der Waals surface area contributed by atoms with Gasteiger partial charge >= 0.3 is 0 Å². The molecule has 0 radical (unpaired) electrons. The highest BCUT2D eigenvalue weighted by atomic mass is 79.9. The van der Waals surface area contributed by atoms with Gasteiger partial charge in [-0.1, -0.05) is 11.6 Å². The molecule has 0 aliphatic heterocycles. The number of imidazole rings is 1. The average Bonchev–Trinajstić information content (AvgIpc) is 2.76. The predicted octanol–water partition coefficient (Wildman–Crippen LogP) is 3.44. The lowest BCUT2D eigenvalue weighted by atomic mass is 10.2. The number of aromatic amines is 1. The van der Waals surface area contributed by atoms with Crippen LogP contribution in [0.4, 0.5) is 0 Å². The fourth-order valence-corrected chi connectivity index (χ4v) is 2.04. The van der Waals surface area contributed by atoms with Gasteiger partial charge in [0.1, 0.15) is 17.7 Å². The molecule has 0 amide bonds. The number of benzene rings is 1. The molecule has 4 nitrogen and oxygen atoms in total. The zero-order valence-corrected chi connectivity index (χ0v) is 10.8. The second-order valence-electron chi connectivity index (χ2n) is 3.47. The van der Waals surface area contributed by atoms with E-state index in [1.54, 1.807) is 6.20 Å². The standard InChI is InChI=1S/C11H6BrClN4/c12-7-3-6(1-2-8(7)13)10-16-9-4-14-5-15-11(9)17-10/h1-5H,(H,14,15,16,17). The summed E-state index contributed by atoms with van der Waals surface area (Å²) in [6, 6.07) is 5.63. The maximum atomic E-state index is 5.95. The van der Waals surface area contributed by atoms with E-state index in [0.29, 0.717) is 10.7 Å². The van der Waals surface area contributed by atoms with Crippen LogP contribution in [-0.2, 0) is 0 Å². The first kappa shape index (κ1) is 10.7. The van der Waals surface area contributed by atoms with E-state index in [9.17, 15) is 0 Å². The highest BCUT2D eigenvalue weighted by molar-refractivity contribution is 9.10. The van der Waals surface area contributed by atoms with Gasteiger partial charge in [-0.15, -0.1) is 0 Å². The first-order chi connectivity index (χ1) is 8.24. The van der Waals surface area contributed by atoms with Crippen molar-refractivity contribution < 1.29 is 0 Å². The van der Waals surface area contributed by atoms with Gasteiger partial charge in [0.05, 0.1) is 11.2 Å². The van der Waals surface area contributed by atoms with Gasteiger partial charge in [0, 0.05) is 10.0 Å². The third kappa shape index (κ3) is 1.92. The van der Waals surface area contributed by atoms with E-state index in [1.165, 1.54) is 6.33 Å². The molecular weight excluding hydrogens is 304 g/mol. The topological polar surface area (TPSA) is 54.5 Å². The van der Waals surface area contributed by atoms with Crippen LogP contribution in [0.15, 0.2) is 35.2 Å². The van der Waals surface area contributed by atoms with E-state index in [0.717, 1.165) is 21.4 Å². The first-order valence-corrected chi connectivity index (χ1v) is 6.02. The van der Waals surface area contributed by atoms with Gasteiger partial charge in [-0.25, -0.2) is 15.0 Å². The SMILES string of the molecule is Clc1ccc(-c2nc3ncncc3[nH]2)cc1Br. The molecule has 1 aromatic carbocycles. The maximum absolute atomic E-state index is 5.95. The molecule has 2 aromatic heterocycles. The van der Waals surface area contributed by atoms with Gasteiger partial charge in [0.15, 0.2) is 5.65 Å². The molecule has 0 spiro atoms. The Hall–Kier alpha value is -1.46. The van der Waals surface area contributed by atoms with Gasteiger partial charge < -0.3 is 4.98 Å². The maximum Gasteiger partial charge on any atom is 0.181 e. The Morgan fingerprint density at radius 1 is 1.29 bits per heavy atom. The molecule has 0 unspecified atom stereocenters. The Morgan fingerprint density at radius 2 is 2.18 bits per heavy atom. The normalized spacial score (nSPS) is 10.9. The molecule has 17 heavy (non-hydrogen) atoms. The van der Waals surface area contributed by atoms with E-state index >= 15 is 0 Å². The number of halogens is 2. The number of fused-ring (bicyclic) bond motifs is 1. The molecule has 84 valence electrons. The van der Waals surface area contributed by atoms with Gasteiger partial charge in [-0.2, -0.15) is 0 Å². The van der Waals surface area contributed by atoms with Crippen LogP contribution in [0.2, 0.25) is 5.02 Å². The quantitative estimate of drug-likeness (QED) is 0.749. The Balaban J connectivity index is 2.17. The van der Waals surface area contributed by atoms with Crippen molar-refractivity contribution in [2.24, 2.45) is 0 Å². The van der Waals surface area contributed by atoms with Crippen LogP contribution < -0.4 is 0 Å². The molecule has 0 fully saturated rings. The molecule has 0 saturated heterocycles. The number of H-pyrrole nitrogens is 1. The van der Waals surface area contributed by atoms with Crippen molar-refractivity contribution in [3.63, 3.8) is 0 Å². The summed E-state index contributed by atoms with van der Waals surface area (Å²) in [5, 5.41) is 0.671. The minimum Gasteiger partial charge on any atom is -0.335 e. The zero-order valence-electron chi connectivity index (χ0n) is 8.48. The van der Waals surface area contributed by atoms with Crippen LogP contribution >= 0.6 is 27.5 Å². The molecule has 1 N–H and O–H groups in total. The van der Waals surface area contributed by atoms with E-state index < -0.39 is 0 Å². The van der Waals surface area contributed by atoms with Gasteiger partial charge in [-0.3, -0.25) is 0 Å². The van der Waals surface area contributed by atoms with Crippen molar-refractivity contribution in [3.05, 3.63) is 40.2 Å². The Bertz CT molecular complexity index is 662. The number of hydrogen-bond donors (Lipinski definition) is 1. The molecule has 3 rings (SSSR count). The van der Waals surface area contributed by atoms with E-state index in [2.05, 4.69) is 35.9 Å². The lowest BCUT2D eigenvalue weighted by Crippen LogP contribution is -1.80. The number of aromatic nitrogens is 4. The van der Waals surface area contributed by atoms with E-state index in [4.69, 9.17) is 11.6 Å². The zero-order chi connectivity index (χ0) is 11.8. The number of hydrogen-bond acceptors (Lipinski definition) is 3. The molecular formula is C11H6BrClN4. The Labute approximate surface area is 110 Å². The predicted molar refractivity (Wildman–Crippen MR) is 69.8 cm³/mol. The molecule has 0 aliphatic carbocycles. The highest BCUT2D eigenvalue weighted by Crippen LogP contribution is 2.28. The monoisotopic (exact) mass is 308 g/mol. The van der Waals surface area contributed by atoms with Crippen molar-refractivity contribution in [1.29, 1.82) is 0 Å². The summed E-state index contributed by atoms with van der Waals surface area (Å²) in [6.45, 7) is 0. The summed E-state index contributed by atoms with van der Waals surface area (Å²) < 4.78 is 0.836. The van der Waals surface area contributed by atoms with E-state index in [1.807, 2.05) is 18.2 Å². The van der Waals surface area contributed by atoms with Crippen LogP contribution in [0.25, 0.3) is 22.6 Å². The van der Waals surface area contributed by atoms with Crippen LogP contribution in [-0.4, -0.2) is 19.9 Å². The summed E-state index contributed by atoms with van der Waals surface area (Å²) in [5.74, 6) is 0.748. The fraction of sp³-hybridized carbons (Fsp3) is 0. The Morgan fingerprint density at radius 3 is 2.94 bits per heavy atom. The summed E-state index contributed by atoms with van der Waals surface area (Å²) in [5.41, 5.74) is 2.41. The number of nitrogens with one attached hydrogen (secondary N) is 1. The lowest BCUT2D eigenvalue weighted by Gasteiger charge is -1.99. The second-order valence-corrected chi connectivity index (χ2v) is 4.74. The van der Waals surface area contributed by atoms with Crippen molar-refractivity contribution in [3.8, 4) is 11.4 Å². The first-order valence-electron chi connectivity index (χ1n) is 4.85. The van der Waals surface area contributed by atoms with Crippen molar-refractivity contribution in [1.82, 2.24) is 19.9 Å². The summed E-state index contributed by atoms with van der Waals surface area (Å²) in [6.07, 6.45) is 3.18. The van der Waals surface area contributed by atoms with Crippen molar-refractivity contribution in [2.45, 2.75) is 0 Å². The third-order valence-corrected chi connectivity index (χ3v) is 3.57. The molecule has 0 atom stereocenters. The van der Waals surface area contributed by atoms with Gasteiger partial charge in [0.25, 0.3) is 0 Å². The number of nitrogens with zero attached hydrogens (tertiary/aromatic N) is 3. The smallest absolute Gasteiger partial charge is 0.181 e. The minimum atomic E-state index is 0.654. The van der Waals surface area contributed by atoms with E-state index in [-0.39, 0.29) is 0 Å². The molecule has 0 saturated carbocycles. The molecule has 3 aromatic rings. The minimum absolute atomic E-state index is 0.654. The van der Waals surface area contributed by atoms with Crippen LogP contribution in [0.5, 0.6) is 0 Å². The summed E-state index contributed by atoms with van der Waals surface area (Å²) in [7, 11) is 0. The van der Waals surface area contributed by atoms with Crippen LogP contribution in [0.1, 0.15) is 0 Å². The van der Waals surface area contributed by atoms with Gasteiger partial charge in [-0.05, 0) is 34.1 Å². The summed E-state index contributed by atoms with van der Waals surface area (Å²) in [4.78, 5) is 15.6. The molecule has 2 heterocycles. The van der Waals surface area contributed by atoms with Crippen molar-refractivity contribution in [2.75, 3.05) is 0 Å². The number of rotatable bonds is 1. The highest BCUT2D eigenvalue weighted by Gasteiger charge is 2.07. The Kier molecular flexibility index (Phi) is 2.57. The van der Waals surface area contributed by atoms with Crippen LogP contribution in [0, 0.1) is 0 Å². The van der Waals surface area contributed by atoms with Gasteiger partial charge in [0.2, 0.25) is 0 Å². The molecule has 0 bridgehead atoms. The largest absolute Gasteiger partial charge is 0.335 e. The third-order valence-electron chi connectivity index (χ3n) is 2.36.